The Bertz CT molecular complexity index is 444. The van der Waals surface area contributed by atoms with Gasteiger partial charge in [-0.05, 0) is 25.7 Å². The lowest BCUT2D eigenvalue weighted by atomic mass is 9.76. The molecule has 0 aliphatic heterocycles. The Balaban J connectivity index is 1.94. The van der Waals surface area contributed by atoms with Crippen molar-refractivity contribution in [2.45, 2.75) is 58.2 Å². The van der Waals surface area contributed by atoms with Crippen LogP contribution >= 0.6 is 0 Å². The van der Waals surface area contributed by atoms with Gasteiger partial charge in [0.05, 0.1) is 12.1 Å². The van der Waals surface area contributed by atoms with Gasteiger partial charge in [-0.3, -0.25) is 4.79 Å². The van der Waals surface area contributed by atoms with Gasteiger partial charge in [-0.1, -0.05) is 19.8 Å². The van der Waals surface area contributed by atoms with Gasteiger partial charge in [-0.25, -0.2) is 0 Å². The van der Waals surface area contributed by atoms with Crippen molar-refractivity contribution in [2.75, 3.05) is 0 Å². The van der Waals surface area contributed by atoms with Crippen LogP contribution in [0.3, 0.4) is 0 Å². The van der Waals surface area contributed by atoms with E-state index in [0.717, 1.165) is 38.1 Å². The highest BCUT2D eigenvalue weighted by molar-refractivity contribution is 5.86. The molecule has 1 aliphatic carbocycles. The molecule has 2 atom stereocenters. The van der Waals surface area contributed by atoms with Crippen LogP contribution in [0.2, 0.25) is 0 Å². The number of rotatable bonds is 4. The van der Waals surface area contributed by atoms with Gasteiger partial charge >= 0.3 is 0 Å². The van der Waals surface area contributed by atoms with Crippen molar-refractivity contribution >= 4 is 5.91 Å². The number of carbonyl (C=O) groups excluding carboxylic acids is 1. The monoisotopic (exact) mass is 265 g/mol. The highest BCUT2D eigenvalue weighted by Crippen LogP contribution is 2.30. The van der Waals surface area contributed by atoms with Gasteiger partial charge in [0.25, 0.3) is 0 Å². The number of nitrogens with one attached hydrogen (secondary N) is 1. The first-order valence-corrected chi connectivity index (χ1v) is 6.99. The molecule has 0 aromatic carbocycles. The Hall–Kier alpha value is -1.43. The minimum Gasteiger partial charge on any atom is -0.347 e. The van der Waals surface area contributed by atoms with E-state index in [1.54, 1.807) is 6.33 Å². The Morgan fingerprint density at radius 2 is 2.47 bits per heavy atom. The first-order valence-electron chi connectivity index (χ1n) is 6.99. The summed E-state index contributed by atoms with van der Waals surface area (Å²) in [5, 5.41) is 10.7. The molecule has 3 N–H and O–H groups in total. The molecular formula is C13H23N5O. The van der Waals surface area contributed by atoms with Crippen LogP contribution in [0.4, 0.5) is 0 Å². The van der Waals surface area contributed by atoms with E-state index in [2.05, 4.69) is 22.4 Å². The van der Waals surface area contributed by atoms with Crippen molar-refractivity contribution in [1.29, 1.82) is 0 Å². The lowest BCUT2D eigenvalue weighted by Gasteiger charge is -2.35. The van der Waals surface area contributed by atoms with Gasteiger partial charge in [-0.15, -0.1) is 10.2 Å². The zero-order chi connectivity index (χ0) is 13.9. The fourth-order valence-electron chi connectivity index (χ4n) is 2.81. The Kier molecular flexibility index (Phi) is 4.19. The van der Waals surface area contributed by atoms with Crippen molar-refractivity contribution in [3.05, 3.63) is 12.2 Å². The smallest absolute Gasteiger partial charge is 0.240 e. The minimum absolute atomic E-state index is 0.0651. The van der Waals surface area contributed by atoms with Gasteiger partial charge < -0.3 is 15.6 Å². The molecule has 0 saturated heterocycles. The summed E-state index contributed by atoms with van der Waals surface area (Å²) in [7, 11) is 0. The number of aryl methyl sites for hydroxylation is 1. The van der Waals surface area contributed by atoms with E-state index in [-0.39, 0.29) is 5.91 Å². The second-order valence-corrected chi connectivity index (χ2v) is 5.57. The fraction of sp³-hybridized carbons (Fsp3) is 0.769. The summed E-state index contributed by atoms with van der Waals surface area (Å²) in [6.45, 7) is 5.35. The number of hydrogen-bond acceptors (Lipinski definition) is 4. The van der Waals surface area contributed by atoms with Crippen molar-refractivity contribution < 1.29 is 4.79 Å². The van der Waals surface area contributed by atoms with Crippen molar-refractivity contribution in [1.82, 2.24) is 20.1 Å². The van der Waals surface area contributed by atoms with E-state index in [1.165, 1.54) is 0 Å². The number of hydrogen-bond donors (Lipinski definition) is 2. The van der Waals surface area contributed by atoms with E-state index in [0.29, 0.717) is 12.5 Å². The van der Waals surface area contributed by atoms with E-state index in [4.69, 9.17) is 5.73 Å². The average Bonchev–Trinajstić information content (AvgIpc) is 2.83. The maximum absolute atomic E-state index is 12.3. The van der Waals surface area contributed by atoms with Crippen LogP contribution in [-0.4, -0.2) is 26.2 Å². The molecule has 2 rings (SSSR count). The molecule has 19 heavy (non-hydrogen) atoms. The third-order valence-corrected chi connectivity index (χ3v) is 3.93. The zero-order valence-electron chi connectivity index (χ0n) is 11.7. The summed E-state index contributed by atoms with van der Waals surface area (Å²) >= 11 is 0. The number of carbonyl (C=O) groups is 1. The minimum atomic E-state index is -0.714. The molecule has 1 saturated carbocycles. The third-order valence-electron chi connectivity index (χ3n) is 3.93. The second kappa shape index (κ2) is 5.69. The van der Waals surface area contributed by atoms with E-state index in [9.17, 15) is 4.79 Å². The fourth-order valence-corrected chi connectivity index (χ4v) is 2.81. The predicted octanol–water partition coefficient (Wildman–Crippen LogP) is 0.822. The Morgan fingerprint density at radius 3 is 3.16 bits per heavy atom. The summed E-state index contributed by atoms with van der Waals surface area (Å²) in [4.78, 5) is 12.3. The summed E-state index contributed by atoms with van der Waals surface area (Å²) in [5.41, 5.74) is 5.53. The van der Waals surface area contributed by atoms with Crippen LogP contribution in [0.15, 0.2) is 6.33 Å². The maximum Gasteiger partial charge on any atom is 0.240 e. The van der Waals surface area contributed by atoms with Crippen LogP contribution in [0.5, 0.6) is 0 Å². The van der Waals surface area contributed by atoms with Gasteiger partial charge in [0, 0.05) is 6.54 Å². The topological polar surface area (TPSA) is 85.8 Å². The molecule has 1 amide bonds. The SMILES string of the molecule is CCn1cnnc1CNC(=O)C1(N)CCCC(C)C1. The summed E-state index contributed by atoms with van der Waals surface area (Å²) in [6.07, 6.45) is 5.39. The average molecular weight is 265 g/mol. The molecule has 0 radical (unpaired) electrons. The van der Waals surface area contributed by atoms with Gasteiger partial charge in [0.15, 0.2) is 5.82 Å². The molecular weight excluding hydrogens is 242 g/mol. The number of nitrogens with zero attached hydrogens (tertiary/aromatic N) is 3. The first kappa shape index (κ1) is 14.0. The van der Waals surface area contributed by atoms with Crippen LogP contribution in [0, 0.1) is 5.92 Å². The van der Waals surface area contributed by atoms with Crippen LogP contribution in [-0.2, 0) is 17.9 Å². The van der Waals surface area contributed by atoms with Crippen LogP contribution < -0.4 is 11.1 Å². The highest BCUT2D eigenvalue weighted by Gasteiger charge is 2.37. The molecule has 6 nitrogen and oxygen atoms in total. The molecule has 1 aromatic rings. The zero-order valence-corrected chi connectivity index (χ0v) is 11.7. The summed E-state index contributed by atoms with van der Waals surface area (Å²) in [6, 6.07) is 0. The summed E-state index contributed by atoms with van der Waals surface area (Å²) in [5.74, 6) is 1.22. The first-order chi connectivity index (χ1) is 9.05. The Morgan fingerprint density at radius 1 is 1.68 bits per heavy atom. The predicted molar refractivity (Wildman–Crippen MR) is 72.1 cm³/mol. The molecule has 1 aliphatic rings. The Labute approximate surface area is 113 Å². The quantitative estimate of drug-likeness (QED) is 0.844. The largest absolute Gasteiger partial charge is 0.347 e. The van der Waals surface area contributed by atoms with Crippen LogP contribution in [0.25, 0.3) is 0 Å². The van der Waals surface area contributed by atoms with Gasteiger partial charge in [0.1, 0.15) is 6.33 Å². The van der Waals surface area contributed by atoms with Crippen molar-refractivity contribution in [3.63, 3.8) is 0 Å². The van der Waals surface area contributed by atoms with E-state index < -0.39 is 5.54 Å². The molecule has 1 fully saturated rings. The van der Waals surface area contributed by atoms with E-state index in [1.807, 2.05) is 11.5 Å². The molecule has 106 valence electrons. The standard InChI is InChI=1S/C13H23N5O/c1-3-18-9-16-17-11(18)8-15-12(19)13(14)6-4-5-10(2)7-13/h9-10H,3-8,14H2,1-2H3,(H,15,19). The highest BCUT2D eigenvalue weighted by atomic mass is 16.2. The molecule has 1 aromatic heterocycles. The number of aromatic nitrogens is 3. The third kappa shape index (κ3) is 3.12. The maximum atomic E-state index is 12.3. The number of amides is 1. The van der Waals surface area contributed by atoms with Crippen LogP contribution in [0.1, 0.15) is 45.4 Å². The van der Waals surface area contributed by atoms with Crippen molar-refractivity contribution in [3.8, 4) is 0 Å². The second-order valence-electron chi connectivity index (χ2n) is 5.57. The lowest BCUT2D eigenvalue weighted by molar-refractivity contribution is -0.128. The lowest BCUT2D eigenvalue weighted by Crippen LogP contribution is -2.56. The molecule has 2 unspecified atom stereocenters. The molecule has 0 spiro atoms. The van der Waals surface area contributed by atoms with Gasteiger partial charge in [-0.2, -0.15) is 0 Å². The normalized spacial score (nSPS) is 27.2. The summed E-state index contributed by atoms with van der Waals surface area (Å²) < 4.78 is 1.91. The van der Waals surface area contributed by atoms with E-state index >= 15 is 0 Å². The molecule has 1 heterocycles. The molecule has 6 heteroatoms. The van der Waals surface area contributed by atoms with Crippen molar-refractivity contribution in [2.24, 2.45) is 11.7 Å². The number of nitrogens with two attached hydrogens (primary N) is 1. The molecule has 0 bridgehead atoms. The van der Waals surface area contributed by atoms with Gasteiger partial charge in [0.2, 0.25) is 5.91 Å².